The van der Waals surface area contributed by atoms with E-state index < -0.39 is 6.04 Å². The summed E-state index contributed by atoms with van der Waals surface area (Å²) in [5.41, 5.74) is 8.78. The minimum Gasteiger partial charge on any atom is -0.316 e. The Morgan fingerprint density at radius 3 is 2.67 bits per heavy atom. The van der Waals surface area contributed by atoms with Gasteiger partial charge in [-0.1, -0.05) is 18.2 Å². The lowest BCUT2D eigenvalue weighted by atomic mass is 10.1. The fourth-order valence-corrected chi connectivity index (χ4v) is 2.25. The number of rotatable bonds is 2. The largest absolute Gasteiger partial charge is 0.316 e. The fourth-order valence-electron chi connectivity index (χ4n) is 2.25. The van der Waals surface area contributed by atoms with Gasteiger partial charge in [0.15, 0.2) is 0 Å². The van der Waals surface area contributed by atoms with Crippen molar-refractivity contribution < 1.29 is 4.79 Å². The van der Waals surface area contributed by atoms with Gasteiger partial charge in [0.25, 0.3) is 0 Å². The predicted molar refractivity (Wildman–Crippen MR) is 68.8 cm³/mol. The molecule has 0 saturated heterocycles. The lowest BCUT2D eigenvalue weighted by Crippen LogP contribution is -2.31. The first-order valence-corrected chi connectivity index (χ1v) is 5.82. The summed E-state index contributed by atoms with van der Waals surface area (Å²) < 4.78 is 0. The molecule has 1 atom stereocenters. The van der Waals surface area contributed by atoms with Crippen molar-refractivity contribution in [3.05, 3.63) is 59.9 Å². The molecule has 4 nitrogen and oxygen atoms in total. The van der Waals surface area contributed by atoms with Crippen LogP contribution in [0.2, 0.25) is 0 Å². The highest BCUT2D eigenvalue weighted by molar-refractivity contribution is 6.04. The molecule has 0 radical (unpaired) electrons. The molecule has 0 spiro atoms. The fraction of sp³-hybridized carbons (Fsp3) is 0.143. The van der Waals surface area contributed by atoms with Gasteiger partial charge in [-0.25, -0.2) is 0 Å². The van der Waals surface area contributed by atoms with Crippen molar-refractivity contribution in [1.29, 1.82) is 0 Å². The Balaban J connectivity index is 1.96. The van der Waals surface area contributed by atoms with E-state index in [0.29, 0.717) is 6.54 Å². The third kappa shape index (κ3) is 1.67. The Labute approximate surface area is 105 Å². The number of aromatic nitrogens is 1. The molecular formula is C14H13N3O. The van der Waals surface area contributed by atoms with Gasteiger partial charge >= 0.3 is 0 Å². The number of benzene rings is 1. The molecule has 1 unspecified atom stereocenters. The van der Waals surface area contributed by atoms with Crippen LogP contribution >= 0.6 is 0 Å². The highest BCUT2D eigenvalue weighted by Crippen LogP contribution is 2.34. The summed E-state index contributed by atoms with van der Waals surface area (Å²) in [7, 11) is 0. The summed E-state index contributed by atoms with van der Waals surface area (Å²) in [5.74, 6) is -0.0481. The first-order chi connectivity index (χ1) is 8.77. The van der Waals surface area contributed by atoms with Gasteiger partial charge < -0.3 is 10.6 Å². The molecule has 0 aliphatic carbocycles. The number of anilines is 1. The van der Waals surface area contributed by atoms with Crippen LogP contribution in [-0.2, 0) is 11.3 Å². The number of carbonyl (C=O) groups excluding carboxylic acids is 1. The van der Waals surface area contributed by atoms with Gasteiger partial charge in [-0.05, 0) is 23.8 Å². The van der Waals surface area contributed by atoms with Gasteiger partial charge in [-0.2, -0.15) is 0 Å². The zero-order valence-electron chi connectivity index (χ0n) is 9.78. The van der Waals surface area contributed by atoms with E-state index in [1.165, 1.54) is 0 Å². The lowest BCUT2D eigenvalue weighted by molar-refractivity contribution is -0.119. The number of fused-ring (bicyclic) bond motifs is 1. The summed E-state index contributed by atoms with van der Waals surface area (Å²) in [6.07, 6.45) is 3.45. The molecular weight excluding hydrogens is 226 g/mol. The lowest BCUT2D eigenvalue weighted by Gasteiger charge is -2.17. The maximum absolute atomic E-state index is 12.2. The van der Waals surface area contributed by atoms with Gasteiger partial charge in [0.2, 0.25) is 5.91 Å². The van der Waals surface area contributed by atoms with Crippen molar-refractivity contribution in [2.75, 3.05) is 4.90 Å². The highest BCUT2D eigenvalue weighted by atomic mass is 16.2. The second-order valence-corrected chi connectivity index (χ2v) is 4.32. The van der Waals surface area contributed by atoms with E-state index >= 15 is 0 Å². The molecule has 1 amide bonds. The third-order valence-electron chi connectivity index (χ3n) is 3.18. The molecule has 0 bridgehead atoms. The number of amides is 1. The van der Waals surface area contributed by atoms with Gasteiger partial charge in [0.1, 0.15) is 6.04 Å². The number of carbonyl (C=O) groups is 1. The number of nitrogens with zero attached hydrogens (tertiary/aromatic N) is 2. The number of hydrogen-bond acceptors (Lipinski definition) is 3. The highest BCUT2D eigenvalue weighted by Gasteiger charge is 2.34. The van der Waals surface area contributed by atoms with Crippen molar-refractivity contribution in [3.8, 4) is 0 Å². The number of pyridine rings is 1. The number of nitrogens with two attached hydrogens (primary N) is 1. The van der Waals surface area contributed by atoms with Gasteiger partial charge in [-0.15, -0.1) is 0 Å². The van der Waals surface area contributed by atoms with Gasteiger partial charge in [-0.3, -0.25) is 9.78 Å². The monoisotopic (exact) mass is 239 g/mol. The average molecular weight is 239 g/mol. The topological polar surface area (TPSA) is 59.2 Å². The standard InChI is InChI=1S/C14H13N3O/c15-13-11-3-1-2-4-12(11)17(14(13)18)9-10-5-7-16-8-6-10/h1-8,13H,9,15H2. The van der Waals surface area contributed by atoms with Crippen LogP contribution in [0, 0.1) is 0 Å². The van der Waals surface area contributed by atoms with E-state index in [1.807, 2.05) is 36.4 Å². The molecule has 1 aromatic carbocycles. The van der Waals surface area contributed by atoms with Crippen LogP contribution in [-0.4, -0.2) is 10.9 Å². The van der Waals surface area contributed by atoms with Crippen molar-refractivity contribution in [2.45, 2.75) is 12.6 Å². The normalized spacial score (nSPS) is 17.9. The van der Waals surface area contributed by atoms with Crippen LogP contribution < -0.4 is 10.6 Å². The van der Waals surface area contributed by atoms with Crippen molar-refractivity contribution in [2.24, 2.45) is 5.73 Å². The van der Waals surface area contributed by atoms with Crippen LogP contribution in [0.1, 0.15) is 17.2 Å². The molecule has 1 aliphatic rings. The van der Waals surface area contributed by atoms with E-state index in [4.69, 9.17) is 5.73 Å². The quantitative estimate of drug-likeness (QED) is 0.866. The molecule has 4 heteroatoms. The second kappa shape index (κ2) is 4.23. The van der Waals surface area contributed by atoms with E-state index in [0.717, 1.165) is 16.8 Å². The SMILES string of the molecule is NC1C(=O)N(Cc2ccncc2)c2ccccc21. The first kappa shape index (κ1) is 10.9. The molecule has 1 aliphatic heterocycles. The molecule has 0 fully saturated rings. The average Bonchev–Trinajstić information content (AvgIpc) is 2.66. The number of para-hydroxylation sites is 1. The van der Waals surface area contributed by atoms with Crippen LogP contribution in [0.3, 0.4) is 0 Å². The summed E-state index contributed by atoms with van der Waals surface area (Å²) in [6, 6.07) is 10.9. The van der Waals surface area contributed by atoms with E-state index in [-0.39, 0.29) is 5.91 Å². The molecule has 90 valence electrons. The predicted octanol–water partition coefficient (Wildman–Crippen LogP) is 1.63. The first-order valence-electron chi connectivity index (χ1n) is 5.82. The maximum Gasteiger partial charge on any atom is 0.248 e. The Kier molecular flexibility index (Phi) is 2.57. The van der Waals surface area contributed by atoms with Gasteiger partial charge in [0, 0.05) is 23.6 Å². The van der Waals surface area contributed by atoms with Crippen molar-refractivity contribution >= 4 is 11.6 Å². The van der Waals surface area contributed by atoms with Crippen molar-refractivity contribution in [1.82, 2.24) is 4.98 Å². The van der Waals surface area contributed by atoms with Crippen molar-refractivity contribution in [3.63, 3.8) is 0 Å². The smallest absolute Gasteiger partial charge is 0.248 e. The van der Waals surface area contributed by atoms with Crippen LogP contribution in [0.4, 0.5) is 5.69 Å². The zero-order chi connectivity index (χ0) is 12.5. The summed E-state index contributed by atoms with van der Waals surface area (Å²) >= 11 is 0. The molecule has 1 aromatic heterocycles. The van der Waals surface area contributed by atoms with E-state index in [1.54, 1.807) is 17.3 Å². The van der Waals surface area contributed by atoms with E-state index in [9.17, 15) is 4.79 Å². The Hall–Kier alpha value is -2.20. The minimum atomic E-state index is -0.539. The van der Waals surface area contributed by atoms with Crippen LogP contribution in [0.5, 0.6) is 0 Å². The summed E-state index contributed by atoms with van der Waals surface area (Å²) in [6.45, 7) is 0.534. The molecule has 2 N–H and O–H groups in total. The number of hydrogen-bond donors (Lipinski definition) is 1. The zero-order valence-corrected chi connectivity index (χ0v) is 9.78. The Morgan fingerprint density at radius 2 is 1.89 bits per heavy atom. The van der Waals surface area contributed by atoms with Crippen LogP contribution in [0.15, 0.2) is 48.8 Å². The Morgan fingerprint density at radius 1 is 1.17 bits per heavy atom. The van der Waals surface area contributed by atoms with Crippen LogP contribution in [0.25, 0.3) is 0 Å². The second-order valence-electron chi connectivity index (χ2n) is 4.32. The molecule has 18 heavy (non-hydrogen) atoms. The van der Waals surface area contributed by atoms with E-state index in [2.05, 4.69) is 4.98 Å². The third-order valence-corrected chi connectivity index (χ3v) is 3.18. The molecule has 0 saturated carbocycles. The maximum atomic E-state index is 12.2. The van der Waals surface area contributed by atoms with Gasteiger partial charge in [0.05, 0.1) is 6.54 Å². The summed E-state index contributed by atoms with van der Waals surface area (Å²) in [4.78, 5) is 17.9. The molecule has 3 rings (SSSR count). The summed E-state index contributed by atoms with van der Waals surface area (Å²) in [5, 5.41) is 0. The Bertz CT molecular complexity index is 583. The molecule has 2 aromatic rings. The molecule has 2 heterocycles. The minimum absolute atomic E-state index is 0.0481.